The van der Waals surface area contributed by atoms with E-state index in [-0.39, 0.29) is 5.60 Å². The van der Waals surface area contributed by atoms with Crippen LogP contribution in [-0.2, 0) is 4.74 Å². The third-order valence-corrected chi connectivity index (χ3v) is 3.67. The van der Waals surface area contributed by atoms with Gasteiger partial charge in [0, 0.05) is 6.61 Å². The van der Waals surface area contributed by atoms with Gasteiger partial charge in [0.25, 0.3) is 0 Å². The minimum absolute atomic E-state index is 0.228. The van der Waals surface area contributed by atoms with E-state index in [4.69, 9.17) is 10.5 Å². The Bertz CT molecular complexity index is 251. The van der Waals surface area contributed by atoms with Crippen LogP contribution < -0.4 is 5.73 Å². The highest BCUT2D eigenvalue weighted by Crippen LogP contribution is 2.33. The lowest BCUT2D eigenvalue weighted by molar-refractivity contribution is 0.00316. The van der Waals surface area contributed by atoms with Crippen molar-refractivity contribution in [1.82, 2.24) is 0 Å². The van der Waals surface area contributed by atoms with Gasteiger partial charge in [0.2, 0.25) is 0 Å². The van der Waals surface area contributed by atoms with E-state index in [0.717, 1.165) is 25.3 Å². The van der Waals surface area contributed by atoms with Crippen LogP contribution in [0.5, 0.6) is 0 Å². The molecule has 0 amide bonds. The Kier molecular flexibility index (Phi) is 3.85. The summed E-state index contributed by atoms with van der Waals surface area (Å²) in [4.78, 5) is 4.61. The molecule has 3 heteroatoms. The molecule has 0 heterocycles. The molecule has 0 aromatic carbocycles. The maximum Gasteiger partial charge on any atom is 0.127 e. The zero-order valence-electron chi connectivity index (χ0n) is 10.4. The summed E-state index contributed by atoms with van der Waals surface area (Å²) in [5.74, 6) is 0.777. The lowest BCUT2D eigenvalue weighted by Crippen LogP contribution is -2.46. The Morgan fingerprint density at radius 2 is 1.88 bits per heavy atom. The number of amidine groups is 1. The zero-order valence-corrected chi connectivity index (χ0v) is 10.4. The van der Waals surface area contributed by atoms with Crippen LogP contribution in [0.3, 0.4) is 0 Å². The second-order valence-corrected chi connectivity index (χ2v) is 5.09. The van der Waals surface area contributed by atoms with E-state index in [2.05, 4.69) is 11.9 Å². The van der Waals surface area contributed by atoms with E-state index < -0.39 is 0 Å². The Morgan fingerprint density at radius 1 is 1.25 bits per heavy atom. The summed E-state index contributed by atoms with van der Waals surface area (Å²) >= 11 is 0. The van der Waals surface area contributed by atoms with E-state index in [1.54, 1.807) is 0 Å². The number of ether oxygens (including phenoxy) is 1. The summed E-state index contributed by atoms with van der Waals surface area (Å²) < 4.78 is 5.99. The van der Waals surface area contributed by atoms with Crippen LogP contribution in [-0.4, -0.2) is 24.1 Å². The summed E-state index contributed by atoms with van der Waals surface area (Å²) in [5, 5.41) is 0. The van der Waals surface area contributed by atoms with Crippen molar-refractivity contribution in [2.24, 2.45) is 10.7 Å². The molecular weight excluding hydrogens is 200 g/mol. The van der Waals surface area contributed by atoms with Gasteiger partial charge in [-0.05, 0) is 32.6 Å². The minimum atomic E-state index is -0.228. The molecule has 0 aliphatic heterocycles. The predicted octanol–water partition coefficient (Wildman–Crippen LogP) is 2.64. The lowest BCUT2D eigenvalue weighted by atomic mass is 9.92. The first-order chi connectivity index (χ1) is 7.77. The molecule has 2 N–H and O–H groups in total. The van der Waals surface area contributed by atoms with Gasteiger partial charge in [0.15, 0.2) is 0 Å². The van der Waals surface area contributed by atoms with Crippen LogP contribution in [0.15, 0.2) is 4.99 Å². The molecule has 0 saturated heterocycles. The highest BCUT2D eigenvalue weighted by molar-refractivity contribution is 5.89. The second-order valence-electron chi connectivity index (χ2n) is 5.09. The Hall–Kier alpha value is -0.570. The average Bonchev–Trinajstić information content (AvgIpc) is 3.06. The highest BCUT2D eigenvalue weighted by atomic mass is 16.5. The molecule has 0 bridgehead atoms. The van der Waals surface area contributed by atoms with Gasteiger partial charge >= 0.3 is 0 Å². The van der Waals surface area contributed by atoms with Crippen molar-refractivity contribution >= 4 is 5.84 Å². The summed E-state index contributed by atoms with van der Waals surface area (Å²) in [6.45, 7) is 2.79. The summed E-state index contributed by atoms with van der Waals surface area (Å²) in [5.41, 5.74) is 5.98. The monoisotopic (exact) mass is 224 g/mol. The van der Waals surface area contributed by atoms with Gasteiger partial charge in [0.05, 0.1) is 6.04 Å². The van der Waals surface area contributed by atoms with Crippen LogP contribution in [0.2, 0.25) is 0 Å². The molecule has 0 atom stereocenters. The molecule has 2 saturated carbocycles. The molecule has 92 valence electrons. The largest absolute Gasteiger partial charge is 0.385 e. The van der Waals surface area contributed by atoms with Gasteiger partial charge in [-0.15, -0.1) is 0 Å². The first-order valence-corrected chi connectivity index (χ1v) is 6.74. The first-order valence-electron chi connectivity index (χ1n) is 6.74. The van der Waals surface area contributed by atoms with Crippen molar-refractivity contribution in [2.75, 3.05) is 6.61 Å². The van der Waals surface area contributed by atoms with Crippen LogP contribution in [0.4, 0.5) is 0 Å². The van der Waals surface area contributed by atoms with Gasteiger partial charge in [-0.25, -0.2) is 0 Å². The molecule has 0 spiro atoms. The van der Waals surface area contributed by atoms with Crippen molar-refractivity contribution in [2.45, 2.75) is 69.9 Å². The molecule has 16 heavy (non-hydrogen) atoms. The normalized spacial score (nSPS) is 26.4. The maximum atomic E-state index is 6.20. The fourth-order valence-electron chi connectivity index (χ4n) is 2.57. The summed E-state index contributed by atoms with van der Waals surface area (Å²) in [7, 11) is 0. The van der Waals surface area contributed by atoms with Crippen molar-refractivity contribution in [1.29, 1.82) is 0 Å². The fourth-order valence-corrected chi connectivity index (χ4v) is 2.57. The third-order valence-electron chi connectivity index (χ3n) is 3.67. The van der Waals surface area contributed by atoms with E-state index in [1.165, 1.54) is 38.5 Å². The van der Waals surface area contributed by atoms with Crippen molar-refractivity contribution < 1.29 is 4.74 Å². The van der Waals surface area contributed by atoms with E-state index in [9.17, 15) is 0 Å². The molecule has 2 rings (SSSR count). The molecule has 0 aromatic heterocycles. The number of hydrogen-bond donors (Lipinski definition) is 1. The van der Waals surface area contributed by atoms with E-state index in [0.29, 0.717) is 6.04 Å². The van der Waals surface area contributed by atoms with Crippen LogP contribution in [0.1, 0.15) is 58.3 Å². The van der Waals surface area contributed by atoms with Gasteiger partial charge in [-0.1, -0.05) is 25.7 Å². The number of nitrogens with two attached hydrogens (primary N) is 1. The number of aliphatic imine (C=N–C) groups is 1. The summed E-state index contributed by atoms with van der Waals surface area (Å²) in [6.07, 6.45) is 9.61. The van der Waals surface area contributed by atoms with Crippen LogP contribution in [0.25, 0.3) is 0 Å². The second kappa shape index (κ2) is 5.17. The van der Waals surface area contributed by atoms with Crippen LogP contribution >= 0.6 is 0 Å². The molecule has 0 aromatic rings. The molecule has 0 radical (unpaired) electrons. The highest BCUT2D eigenvalue weighted by Gasteiger charge is 2.37. The minimum Gasteiger partial charge on any atom is -0.385 e. The van der Waals surface area contributed by atoms with Gasteiger partial charge < -0.3 is 10.5 Å². The average molecular weight is 224 g/mol. The molecular formula is C13H24N2O. The zero-order chi connectivity index (χ0) is 11.4. The number of hydrogen-bond acceptors (Lipinski definition) is 2. The first kappa shape index (κ1) is 11.9. The molecule has 2 aliphatic carbocycles. The number of nitrogens with zero attached hydrogens (tertiary/aromatic N) is 1. The van der Waals surface area contributed by atoms with Crippen molar-refractivity contribution in [3.63, 3.8) is 0 Å². The lowest BCUT2D eigenvalue weighted by Gasteiger charge is -2.32. The predicted molar refractivity (Wildman–Crippen MR) is 66.7 cm³/mol. The fraction of sp³-hybridized carbons (Fsp3) is 0.923. The molecule has 3 nitrogen and oxygen atoms in total. The molecule has 2 fully saturated rings. The van der Waals surface area contributed by atoms with Crippen molar-refractivity contribution in [3.8, 4) is 0 Å². The maximum absolute atomic E-state index is 6.20. The van der Waals surface area contributed by atoms with E-state index >= 15 is 0 Å². The van der Waals surface area contributed by atoms with Gasteiger partial charge in [-0.2, -0.15) is 0 Å². The SMILES string of the molecule is CCOC1(C(N)=NC2CC2)CCCCCC1. The standard InChI is InChI=1S/C13H24N2O/c1-2-16-13(9-5-3-4-6-10-13)12(14)15-11-7-8-11/h11H,2-10H2,1H3,(H2,14,15). The molecule has 0 unspecified atom stereocenters. The van der Waals surface area contributed by atoms with Crippen LogP contribution in [0, 0.1) is 0 Å². The van der Waals surface area contributed by atoms with Crippen molar-refractivity contribution in [3.05, 3.63) is 0 Å². The summed E-state index contributed by atoms with van der Waals surface area (Å²) in [6, 6.07) is 0.501. The smallest absolute Gasteiger partial charge is 0.127 e. The van der Waals surface area contributed by atoms with Gasteiger partial charge in [-0.3, -0.25) is 4.99 Å². The Balaban J connectivity index is 2.10. The van der Waals surface area contributed by atoms with E-state index in [1.807, 2.05) is 0 Å². The third kappa shape index (κ3) is 2.76. The quantitative estimate of drug-likeness (QED) is 0.453. The Morgan fingerprint density at radius 3 is 2.38 bits per heavy atom. The Labute approximate surface area is 98.5 Å². The topological polar surface area (TPSA) is 47.6 Å². The molecule has 2 aliphatic rings. The van der Waals surface area contributed by atoms with Gasteiger partial charge in [0.1, 0.15) is 11.4 Å². The number of rotatable bonds is 4.